The molecular weight excluding hydrogens is 286 g/mol. The van der Waals surface area contributed by atoms with Gasteiger partial charge >= 0.3 is 5.97 Å². The van der Waals surface area contributed by atoms with Gasteiger partial charge in [0.15, 0.2) is 0 Å². The lowest BCUT2D eigenvalue weighted by atomic mass is 10.2. The Kier molecular flexibility index (Phi) is 4.55. The number of amides is 1. The van der Waals surface area contributed by atoms with Crippen molar-refractivity contribution in [2.75, 3.05) is 11.9 Å². The number of carboxylic acid groups (broad SMARTS) is 1. The molecule has 2 aromatic rings. The summed E-state index contributed by atoms with van der Waals surface area (Å²) in [5.74, 6) is -1.14. The number of thiophene rings is 1. The van der Waals surface area contributed by atoms with E-state index >= 15 is 0 Å². The van der Waals surface area contributed by atoms with E-state index < -0.39 is 5.97 Å². The van der Waals surface area contributed by atoms with Gasteiger partial charge in [-0.1, -0.05) is 0 Å². The number of aromatic carboxylic acids is 1. The van der Waals surface area contributed by atoms with Gasteiger partial charge in [-0.15, -0.1) is 11.3 Å². The van der Waals surface area contributed by atoms with Gasteiger partial charge in [0.25, 0.3) is 5.91 Å². The van der Waals surface area contributed by atoms with Crippen molar-refractivity contribution >= 4 is 35.0 Å². The van der Waals surface area contributed by atoms with E-state index in [4.69, 9.17) is 5.11 Å². The molecule has 0 saturated carbocycles. The van der Waals surface area contributed by atoms with E-state index in [9.17, 15) is 9.59 Å². The second kappa shape index (κ2) is 6.37. The fourth-order valence-electron chi connectivity index (χ4n) is 1.77. The minimum Gasteiger partial charge on any atom is -0.478 e. The van der Waals surface area contributed by atoms with E-state index in [2.05, 4.69) is 0 Å². The summed E-state index contributed by atoms with van der Waals surface area (Å²) in [5.41, 5.74) is 1.99. The highest BCUT2D eigenvalue weighted by molar-refractivity contribution is 7.11. The minimum absolute atomic E-state index is 0.161. The van der Waals surface area contributed by atoms with Crippen molar-refractivity contribution in [2.24, 2.45) is 0 Å². The second-order valence-corrected chi connectivity index (χ2v) is 5.50. The molecule has 0 aliphatic heterocycles. The molecule has 1 amide bonds. The van der Waals surface area contributed by atoms with Gasteiger partial charge in [-0.2, -0.15) is 0 Å². The number of carbonyl (C=O) groups is 2. The van der Waals surface area contributed by atoms with Crippen molar-refractivity contribution in [3.63, 3.8) is 0 Å². The van der Waals surface area contributed by atoms with E-state index in [1.807, 2.05) is 18.4 Å². The number of carboxylic acids is 1. The first-order valence-corrected chi connectivity index (χ1v) is 7.20. The summed E-state index contributed by atoms with van der Waals surface area (Å²) in [4.78, 5) is 25.4. The van der Waals surface area contributed by atoms with Gasteiger partial charge in [0.2, 0.25) is 0 Å². The van der Waals surface area contributed by atoms with Crippen molar-refractivity contribution in [3.05, 3.63) is 57.8 Å². The summed E-state index contributed by atoms with van der Waals surface area (Å²) in [6.07, 6.45) is 3.31. The molecule has 108 valence electrons. The van der Waals surface area contributed by atoms with Crippen LogP contribution in [0.5, 0.6) is 0 Å². The Morgan fingerprint density at radius 3 is 2.38 bits per heavy atom. The number of benzene rings is 1. The molecule has 0 spiro atoms. The molecule has 1 N–H and O–H groups in total. The first-order valence-electron chi connectivity index (χ1n) is 6.32. The summed E-state index contributed by atoms with van der Waals surface area (Å²) in [6.45, 7) is 2.00. The van der Waals surface area contributed by atoms with Crippen LogP contribution in [0.2, 0.25) is 0 Å². The van der Waals surface area contributed by atoms with Gasteiger partial charge in [-0.05, 0) is 54.3 Å². The number of hydrogen-bond donors (Lipinski definition) is 1. The number of anilines is 1. The summed E-state index contributed by atoms with van der Waals surface area (Å²) >= 11 is 1.58. The third-order valence-corrected chi connectivity index (χ3v) is 4.10. The Morgan fingerprint density at radius 1 is 1.19 bits per heavy atom. The zero-order valence-electron chi connectivity index (χ0n) is 11.7. The van der Waals surface area contributed by atoms with Gasteiger partial charge < -0.3 is 10.0 Å². The van der Waals surface area contributed by atoms with Crippen LogP contribution in [-0.2, 0) is 4.79 Å². The van der Waals surface area contributed by atoms with Gasteiger partial charge in [0.05, 0.1) is 5.56 Å². The molecule has 4 nitrogen and oxygen atoms in total. The monoisotopic (exact) mass is 301 g/mol. The highest BCUT2D eigenvalue weighted by atomic mass is 32.1. The Balaban J connectivity index is 2.10. The second-order valence-electron chi connectivity index (χ2n) is 4.55. The minimum atomic E-state index is -0.983. The van der Waals surface area contributed by atoms with Crippen LogP contribution < -0.4 is 4.90 Å². The molecule has 2 rings (SSSR count). The zero-order chi connectivity index (χ0) is 15.4. The standard InChI is InChI=1S/C16H15NO3S/c1-11-9-10-21-14(11)7-8-15(18)17(2)13-5-3-12(4-6-13)16(19)20/h3-10H,1-2H3,(H,19,20)/b8-7+. The number of likely N-dealkylation sites (N-methyl/N-ethyl adjacent to an activating group) is 1. The van der Waals surface area contributed by atoms with Crippen LogP contribution in [-0.4, -0.2) is 24.0 Å². The maximum absolute atomic E-state index is 12.1. The predicted molar refractivity (Wildman–Crippen MR) is 84.9 cm³/mol. The summed E-state index contributed by atoms with van der Waals surface area (Å²) in [6, 6.07) is 8.20. The predicted octanol–water partition coefficient (Wildman–Crippen LogP) is 3.43. The largest absolute Gasteiger partial charge is 0.478 e. The van der Waals surface area contributed by atoms with Crippen molar-refractivity contribution < 1.29 is 14.7 Å². The topological polar surface area (TPSA) is 57.6 Å². The van der Waals surface area contributed by atoms with Crippen LogP contribution in [0.25, 0.3) is 6.08 Å². The molecule has 0 unspecified atom stereocenters. The SMILES string of the molecule is Cc1ccsc1/C=C/C(=O)N(C)c1ccc(C(=O)O)cc1. The maximum atomic E-state index is 12.1. The van der Waals surface area contributed by atoms with Crippen LogP contribution in [0.4, 0.5) is 5.69 Å². The average Bonchev–Trinajstić information content (AvgIpc) is 2.89. The van der Waals surface area contributed by atoms with Crippen LogP contribution in [0, 0.1) is 6.92 Å². The van der Waals surface area contributed by atoms with Crippen LogP contribution in [0.3, 0.4) is 0 Å². The molecule has 0 fully saturated rings. The quantitative estimate of drug-likeness (QED) is 0.880. The normalized spacial score (nSPS) is 10.8. The summed E-state index contributed by atoms with van der Waals surface area (Å²) in [7, 11) is 1.66. The van der Waals surface area contributed by atoms with Crippen LogP contribution >= 0.6 is 11.3 Å². The van der Waals surface area contributed by atoms with Crippen molar-refractivity contribution in [1.82, 2.24) is 0 Å². The van der Waals surface area contributed by atoms with Crippen molar-refractivity contribution in [2.45, 2.75) is 6.92 Å². The Hall–Kier alpha value is -2.40. The number of aryl methyl sites for hydroxylation is 1. The number of nitrogens with zero attached hydrogens (tertiary/aromatic N) is 1. The number of carbonyl (C=O) groups excluding carboxylic acids is 1. The molecule has 5 heteroatoms. The fraction of sp³-hybridized carbons (Fsp3) is 0.125. The first kappa shape index (κ1) is 15.0. The molecule has 21 heavy (non-hydrogen) atoms. The number of rotatable bonds is 4. The van der Waals surface area contributed by atoms with Crippen molar-refractivity contribution in [3.8, 4) is 0 Å². The van der Waals surface area contributed by atoms with Gasteiger partial charge in [-0.3, -0.25) is 4.79 Å². The Labute approximate surface area is 127 Å². The lowest BCUT2D eigenvalue weighted by Gasteiger charge is -2.15. The Bertz CT molecular complexity index is 686. The van der Waals surface area contributed by atoms with Crippen LogP contribution in [0.15, 0.2) is 41.8 Å². The third-order valence-electron chi connectivity index (χ3n) is 3.11. The van der Waals surface area contributed by atoms with Crippen LogP contribution in [0.1, 0.15) is 20.8 Å². The number of hydrogen-bond acceptors (Lipinski definition) is 3. The summed E-state index contributed by atoms with van der Waals surface area (Å²) < 4.78 is 0. The first-order chi connectivity index (χ1) is 9.99. The van der Waals surface area contributed by atoms with Crippen molar-refractivity contribution in [1.29, 1.82) is 0 Å². The molecule has 1 heterocycles. The van der Waals surface area contributed by atoms with E-state index in [1.165, 1.54) is 23.1 Å². The highest BCUT2D eigenvalue weighted by Crippen LogP contribution is 2.18. The molecule has 0 radical (unpaired) electrons. The van der Waals surface area contributed by atoms with Gasteiger partial charge in [0, 0.05) is 23.7 Å². The van der Waals surface area contributed by atoms with E-state index in [0.29, 0.717) is 5.69 Å². The molecule has 0 bridgehead atoms. The molecular formula is C16H15NO3S. The zero-order valence-corrected chi connectivity index (χ0v) is 12.6. The lowest BCUT2D eigenvalue weighted by molar-refractivity contribution is -0.113. The average molecular weight is 301 g/mol. The van der Waals surface area contributed by atoms with Gasteiger partial charge in [0.1, 0.15) is 0 Å². The Morgan fingerprint density at radius 2 is 1.86 bits per heavy atom. The fourth-order valence-corrected chi connectivity index (χ4v) is 2.59. The maximum Gasteiger partial charge on any atom is 0.335 e. The molecule has 0 aliphatic carbocycles. The molecule has 1 aromatic heterocycles. The van der Waals surface area contributed by atoms with E-state index in [-0.39, 0.29) is 11.5 Å². The summed E-state index contributed by atoms with van der Waals surface area (Å²) in [5, 5.41) is 10.8. The molecule has 0 aliphatic rings. The highest BCUT2D eigenvalue weighted by Gasteiger charge is 2.09. The third kappa shape index (κ3) is 3.58. The molecule has 0 atom stereocenters. The smallest absolute Gasteiger partial charge is 0.335 e. The van der Waals surface area contributed by atoms with Gasteiger partial charge in [-0.25, -0.2) is 4.79 Å². The molecule has 0 saturated heterocycles. The van der Waals surface area contributed by atoms with E-state index in [0.717, 1.165) is 10.4 Å². The lowest BCUT2D eigenvalue weighted by Crippen LogP contribution is -2.23. The van der Waals surface area contributed by atoms with E-state index in [1.54, 1.807) is 36.6 Å². The molecule has 1 aromatic carbocycles.